The van der Waals surface area contributed by atoms with E-state index in [1.165, 1.54) is 0 Å². The molecule has 0 aliphatic rings. The highest BCUT2D eigenvalue weighted by molar-refractivity contribution is 7.48. The Balaban J connectivity index is 2.39. The Morgan fingerprint density at radius 2 is 1.73 bits per heavy atom. The van der Waals surface area contributed by atoms with Crippen molar-refractivity contribution < 1.29 is 18.1 Å². The van der Waals surface area contributed by atoms with Crippen molar-refractivity contribution in [3.8, 4) is 6.07 Å². The van der Waals surface area contributed by atoms with Crippen LogP contribution in [0.5, 0.6) is 0 Å². The second-order valence-electron chi connectivity index (χ2n) is 4.47. The molecule has 6 heteroatoms. The highest BCUT2D eigenvalue weighted by atomic mass is 31.2. The first-order valence-corrected chi connectivity index (χ1v) is 8.54. The number of phosphoric acid groups is 1. The van der Waals surface area contributed by atoms with Gasteiger partial charge in [0, 0.05) is 5.56 Å². The lowest BCUT2D eigenvalue weighted by atomic mass is 10.0. The van der Waals surface area contributed by atoms with E-state index in [2.05, 4.69) is 0 Å². The monoisotopic (exact) mass is 319 g/mol. The Labute approximate surface area is 130 Å². The minimum absolute atomic E-state index is 0.172. The molecule has 2 aromatic carbocycles. The molecule has 116 valence electrons. The van der Waals surface area contributed by atoms with Gasteiger partial charge in [0.05, 0.1) is 19.3 Å². The number of fused-ring (bicyclic) bond motifs is 1. The van der Waals surface area contributed by atoms with Crippen LogP contribution in [0.25, 0.3) is 10.8 Å². The van der Waals surface area contributed by atoms with Gasteiger partial charge in [0.1, 0.15) is 0 Å². The molecule has 0 aliphatic heterocycles. The van der Waals surface area contributed by atoms with Crippen LogP contribution in [0.2, 0.25) is 0 Å². The van der Waals surface area contributed by atoms with Gasteiger partial charge < -0.3 is 0 Å². The standard InChI is InChI=1S/C16H18NO4P/c1-3-19-22(18,20-4-2)21-16(12-17)15-11-7-9-13-8-5-6-10-14(13)15/h5-11,16H,3-4H2,1-2H3/t16-/m0/s1. The van der Waals surface area contributed by atoms with Gasteiger partial charge in [-0.05, 0) is 24.6 Å². The minimum atomic E-state index is -3.76. The molecule has 0 fully saturated rings. The van der Waals surface area contributed by atoms with E-state index in [0.717, 1.165) is 10.8 Å². The number of phosphoric ester groups is 1. The zero-order valence-corrected chi connectivity index (χ0v) is 13.5. The van der Waals surface area contributed by atoms with E-state index in [-0.39, 0.29) is 13.2 Å². The van der Waals surface area contributed by atoms with Crippen molar-refractivity contribution in [1.82, 2.24) is 0 Å². The van der Waals surface area contributed by atoms with Crippen molar-refractivity contribution in [1.29, 1.82) is 5.26 Å². The number of nitrogens with zero attached hydrogens (tertiary/aromatic N) is 1. The fraction of sp³-hybridized carbons (Fsp3) is 0.312. The van der Waals surface area contributed by atoms with E-state index in [0.29, 0.717) is 5.56 Å². The van der Waals surface area contributed by atoms with E-state index < -0.39 is 13.9 Å². The molecule has 0 bridgehead atoms. The molecule has 2 rings (SSSR count). The Kier molecular flexibility index (Phi) is 5.70. The van der Waals surface area contributed by atoms with Crippen LogP contribution >= 0.6 is 7.82 Å². The van der Waals surface area contributed by atoms with Crippen LogP contribution in [0.1, 0.15) is 25.5 Å². The third kappa shape index (κ3) is 3.73. The van der Waals surface area contributed by atoms with Gasteiger partial charge in [0.25, 0.3) is 0 Å². The van der Waals surface area contributed by atoms with E-state index in [9.17, 15) is 9.83 Å². The number of hydrogen-bond donors (Lipinski definition) is 0. The summed E-state index contributed by atoms with van der Waals surface area (Å²) in [7, 11) is -3.76. The van der Waals surface area contributed by atoms with Gasteiger partial charge in [0.15, 0.2) is 6.10 Å². The van der Waals surface area contributed by atoms with Crippen LogP contribution in [0.4, 0.5) is 0 Å². The van der Waals surface area contributed by atoms with Crippen LogP contribution in [-0.4, -0.2) is 13.2 Å². The summed E-state index contributed by atoms with van der Waals surface area (Å²) in [6, 6.07) is 15.2. The van der Waals surface area contributed by atoms with Crippen molar-refractivity contribution >= 4 is 18.6 Å². The molecule has 0 aromatic heterocycles. The lowest BCUT2D eigenvalue weighted by Crippen LogP contribution is -2.06. The lowest BCUT2D eigenvalue weighted by Gasteiger charge is -2.20. The van der Waals surface area contributed by atoms with Crippen LogP contribution in [-0.2, 0) is 18.1 Å². The van der Waals surface area contributed by atoms with Crippen LogP contribution in [0.15, 0.2) is 42.5 Å². The summed E-state index contributed by atoms with van der Waals surface area (Å²) >= 11 is 0. The second kappa shape index (κ2) is 7.53. The maximum absolute atomic E-state index is 12.5. The molecule has 0 unspecified atom stereocenters. The predicted molar refractivity (Wildman–Crippen MR) is 84.2 cm³/mol. The van der Waals surface area contributed by atoms with Crippen molar-refractivity contribution in [3.63, 3.8) is 0 Å². The van der Waals surface area contributed by atoms with Gasteiger partial charge in [-0.3, -0.25) is 13.6 Å². The zero-order valence-electron chi connectivity index (χ0n) is 12.6. The first-order chi connectivity index (χ1) is 10.6. The van der Waals surface area contributed by atoms with E-state index in [4.69, 9.17) is 13.6 Å². The summed E-state index contributed by atoms with van der Waals surface area (Å²) in [6.07, 6.45) is -1.03. The topological polar surface area (TPSA) is 68.6 Å². The van der Waals surface area contributed by atoms with E-state index >= 15 is 0 Å². The molecule has 0 spiro atoms. The summed E-state index contributed by atoms with van der Waals surface area (Å²) in [5, 5.41) is 11.3. The average molecular weight is 319 g/mol. The third-order valence-electron chi connectivity index (χ3n) is 3.03. The largest absolute Gasteiger partial charge is 0.476 e. The van der Waals surface area contributed by atoms with E-state index in [1.54, 1.807) is 19.9 Å². The number of hydrogen-bond acceptors (Lipinski definition) is 5. The third-order valence-corrected chi connectivity index (χ3v) is 4.65. The van der Waals surface area contributed by atoms with Crippen LogP contribution < -0.4 is 0 Å². The first-order valence-electron chi connectivity index (χ1n) is 7.08. The van der Waals surface area contributed by atoms with Gasteiger partial charge in [0.2, 0.25) is 0 Å². The molecular weight excluding hydrogens is 301 g/mol. The number of benzene rings is 2. The SMILES string of the molecule is CCOP(=O)(OCC)O[C@@H](C#N)c1cccc2ccccc12. The predicted octanol–water partition coefficient (Wildman–Crippen LogP) is 4.60. The van der Waals surface area contributed by atoms with Gasteiger partial charge in [-0.25, -0.2) is 4.57 Å². The van der Waals surface area contributed by atoms with Gasteiger partial charge in [-0.2, -0.15) is 5.26 Å². The molecule has 0 amide bonds. The second-order valence-corrected chi connectivity index (χ2v) is 6.09. The van der Waals surface area contributed by atoms with Crippen molar-refractivity contribution in [3.05, 3.63) is 48.0 Å². The smallest absolute Gasteiger partial charge is 0.287 e. The Hall–Kier alpha value is -1.70. The lowest BCUT2D eigenvalue weighted by molar-refractivity contribution is 0.103. The summed E-state index contributed by atoms with van der Waals surface area (Å²) in [5.74, 6) is 0. The maximum atomic E-state index is 12.5. The molecule has 0 N–H and O–H groups in total. The van der Waals surface area contributed by atoms with E-state index in [1.807, 2.05) is 42.5 Å². The van der Waals surface area contributed by atoms with Crippen LogP contribution in [0.3, 0.4) is 0 Å². The summed E-state index contributed by atoms with van der Waals surface area (Å²) < 4.78 is 28.1. The van der Waals surface area contributed by atoms with Gasteiger partial charge >= 0.3 is 7.82 Å². The van der Waals surface area contributed by atoms with Crippen molar-refractivity contribution in [2.45, 2.75) is 20.0 Å². The minimum Gasteiger partial charge on any atom is -0.287 e. The molecule has 2 aromatic rings. The Morgan fingerprint density at radius 3 is 2.36 bits per heavy atom. The first kappa shape index (κ1) is 16.7. The Morgan fingerprint density at radius 1 is 1.09 bits per heavy atom. The summed E-state index contributed by atoms with van der Waals surface area (Å²) in [6.45, 7) is 3.72. The summed E-state index contributed by atoms with van der Waals surface area (Å²) in [5.41, 5.74) is 0.639. The quantitative estimate of drug-likeness (QED) is 0.697. The number of nitriles is 1. The Bertz CT molecular complexity index is 710. The molecule has 0 heterocycles. The van der Waals surface area contributed by atoms with Crippen LogP contribution in [0, 0.1) is 11.3 Å². The average Bonchev–Trinajstić information content (AvgIpc) is 2.53. The molecule has 0 radical (unpaired) electrons. The summed E-state index contributed by atoms with van der Waals surface area (Å²) in [4.78, 5) is 0. The molecule has 5 nitrogen and oxygen atoms in total. The zero-order chi connectivity index (χ0) is 16.0. The molecule has 22 heavy (non-hydrogen) atoms. The normalized spacial score (nSPS) is 13.0. The fourth-order valence-electron chi connectivity index (χ4n) is 2.17. The molecule has 1 atom stereocenters. The molecular formula is C16H18NO4P. The number of rotatable bonds is 7. The van der Waals surface area contributed by atoms with Gasteiger partial charge in [-0.15, -0.1) is 0 Å². The molecule has 0 saturated heterocycles. The van der Waals surface area contributed by atoms with Crippen molar-refractivity contribution in [2.75, 3.05) is 13.2 Å². The maximum Gasteiger partial charge on any atom is 0.476 e. The highest BCUT2D eigenvalue weighted by Crippen LogP contribution is 2.53. The molecule has 0 saturated carbocycles. The fourth-order valence-corrected chi connectivity index (χ4v) is 3.42. The van der Waals surface area contributed by atoms with Crippen molar-refractivity contribution in [2.24, 2.45) is 0 Å². The highest BCUT2D eigenvalue weighted by Gasteiger charge is 2.31. The molecule has 0 aliphatic carbocycles. The van der Waals surface area contributed by atoms with Gasteiger partial charge in [-0.1, -0.05) is 42.5 Å².